The van der Waals surface area contributed by atoms with E-state index in [9.17, 15) is 9.00 Å². The number of ketones is 1. The molecule has 3 atom stereocenters. The molecule has 0 spiro atoms. The van der Waals surface area contributed by atoms with Crippen LogP contribution in [0.1, 0.15) is 51.9 Å². The minimum Gasteiger partial charge on any atom is -0.299 e. The molecule has 2 nitrogen and oxygen atoms in total. The second kappa shape index (κ2) is 4.77. The maximum absolute atomic E-state index is 12.3. The van der Waals surface area contributed by atoms with Crippen molar-refractivity contribution in [1.29, 1.82) is 0 Å². The quantitative estimate of drug-likeness (QED) is 0.727. The Kier molecular flexibility index (Phi) is 3.60. The summed E-state index contributed by atoms with van der Waals surface area (Å²) in [5, 5.41) is 0.553. The van der Waals surface area contributed by atoms with Gasteiger partial charge in [0.05, 0.1) is 0 Å². The molecular formula is C12H20O2S. The summed E-state index contributed by atoms with van der Waals surface area (Å²) < 4.78 is 12.3. The fourth-order valence-electron chi connectivity index (χ4n) is 2.83. The van der Waals surface area contributed by atoms with Gasteiger partial charge in [0, 0.05) is 33.6 Å². The zero-order valence-electron chi connectivity index (χ0n) is 9.41. The second-order valence-corrected chi connectivity index (χ2v) is 6.85. The lowest BCUT2D eigenvalue weighted by Gasteiger charge is -2.25. The lowest BCUT2D eigenvalue weighted by atomic mass is 10.0. The molecule has 0 heterocycles. The van der Waals surface area contributed by atoms with Crippen molar-refractivity contribution in [2.75, 3.05) is 0 Å². The minimum absolute atomic E-state index is 0.0489. The summed E-state index contributed by atoms with van der Waals surface area (Å²) in [4.78, 5) is 11.4. The van der Waals surface area contributed by atoms with Crippen LogP contribution < -0.4 is 0 Å². The van der Waals surface area contributed by atoms with Crippen LogP contribution in [0.3, 0.4) is 0 Å². The summed E-state index contributed by atoms with van der Waals surface area (Å²) in [6, 6.07) is 0. The molecule has 0 aromatic carbocycles. The normalized spacial score (nSPS) is 35.7. The van der Waals surface area contributed by atoms with E-state index in [-0.39, 0.29) is 11.2 Å². The van der Waals surface area contributed by atoms with Crippen molar-refractivity contribution in [1.82, 2.24) is 0 Å². The average molecular weight is 228 g/mol. The van der Waals surface area contributed by atoms with E-state index in [0.29, 0.717) is 17.5 Å². The summed E-state index contributed by atoms with van der Waals surface area (Å²) in [6.07, 6.45) is 7.51. The Morgan fingerprint density at radius 2 is 1.80 bits per heavy atom. The molecule has 0 amide bonds. The summed E-state index contributed by atoms with van der Waals surface area (Å²) in [5.41, 5.74) is 0. The highest BCUT2D eigenvalue weighted by Crippen LogP contribution is 2.32. The molecule has 0 bridgehead atoms. The van der Waals surface area contributed by atoms with Crippen LogP contribution in [-0.4, -0.2) is 20.5 Å². The standard InChI is InChI=1S/C12H20O2S/c1-9-11(13)7-8-12(9)15(14)10-5-3-2-4-6-10/h9-10,12H,2-8H2,1H3. The highest BCUT2D eigenvalue weighted by molar-refractivity contribution is 7.86. The molecule has 2 saturated carbocycles. The molecule has 0 N–H and O–H groups in total. The first-order chi connectivity index (χ1) is 7.20. The number of hydrogen-bond acceptors (Lipinski definition) is 2. The van der Waals surface area contributed by atoms with Crippen LogP contribution in [0.15, 0.2) is 0 Å². The number of carbonyl (C=O) groups is 1. The van der Waals surface area contributed by atoms with Crippen LogP contribution in [-0.2, 0) is 15.6 Å². The van der Waals surface area contributed by atoms with E-state index in [2.05, 4.69) is 0 Å². The first-order valence-corrected chi connectivity index (χ1v) is 7.40. The van der Waals surface area contributed by atoms with E-state index in [1.165, 1.54) is 19.3 Å². The molecule has 2 aliphatic rings. The van der Waals surface area contributed by atoms with Gasteiger partial charge in [-0.2, -0.15) is 0 Å². The Balaban J connectivity index is 1.98. The van der Waals surface area contributed by atoms with Crippen molar-refractivity contribution in [2.45, 2.75) is 62.4 Å². The van der Waals surface area contributed by atoms with Crippen LogP contribution >= 0.6 is 0 Å². The maximum Gasteiger partial charge on any atom is 0.136 e. The van der Waals surface area contributed by atoms with Gasteiger partial charge in [-0.1, -0.05) is 26.2 Å². The van der Waals surface area contributed by atoms with Crippen LogP contribution in [0.5, 0.6) is 0 Å². The largest absolute Gasteiger partial charge is 0.299 e. The van der Waals surface area contributed by atoms with Crippen LogP contribution in [0.4, 0.5) is 0 Å². The van der Waals surface area contributed by atoms with Crippen LogP contribution in [0, 0.1) is 5.92 Å². The van der Waals surface area contributed by atoms with Crippen molar-refractivity contribution in [3.63, 3.8) is 0 Å². The average Bonchev–Trinajstić information content (AvgIpc) is 2.60. The summed E-state index contributed by atoms with van der Waals surface area (Å²) >= 11 is 0. The van der Waals surface area contributed by atoms with E-state index in [1.807, 2.05) is 6.92 Å². The second-order valence-electron chi connectivity index (χ2n) is 4.92. The minimum atomic E-state index is -0.753. The molecule has 15 heavy (non-hydrogen) atoms. The third-order valence-electron chi connectivity index (χ3n) is 3.92. The molecule has 0 radical (unpaired) electrons. The highest BCUT2D eigenvalue weighted by atomic mass is 32.2. The van der Waals surface area contributed by atoms with Crippen molar-refractivity contribution >= 4 is 16.6 Å². The van der Waals surface area contributed by atoms with Gasteiger partial charge >= 0.3 is 0 Å². The maximum atomic E-state index is 12.3. The Morgan fingerprint density at radius 3 is 2.33 bits per heavy atom. The van der Waals surface area contributed by atoms with Gasteiger partial charge in [0.15, 0.2) is 0 Å². The molecule has 0 aromatic rings. The van der Waals surface area contributed by atoms with Gasteiger partial charge in [-0.05, 0) is 19.3 Å². The SMILES string of the molecule is CC1C(=O)CCC1S(=O)C1CCCCC1. The smallest absolute Gasteiger partial charge is 0.136 e. The van der Waals surface area contributed by atoms with Crippen LogP contribution in [0.2, 0.25) is 0 Å². The Morgan fingerprint density at radius 1 is 1.13 bits per heavy atom. The van der Waals surface area contributed by atoms with E-state index >= 15 is 0 Å². The number of hydrogen-bond donors (Lipinski definition) is 0. The molecule has 2 aliphatic carbocycles. The van der Waals surface area contributed by atoms with Crippen LogP contribution in [0.25, 0.3) is 0 Å². The van der Waals surface area contributed by atoms with Gasteiger partial charge in [-0.15, -0.1) is 0 Å². The molecule has 0 saturated heterocycles. The lowest BCUT2D eigenvalue weighted by Crippen LogP contribution is -2.30. The topological polar surface area (TPSA) is 34.1 Å². The van der Waals surface area contributed by atoms with Gasteiger partial charge < -0.3 is 0 Å². The first-order valence-electron chi connectivity index (χ1n) is 6.12. The Labute approximate surface area is 94.3 Å². The Hall–Kier alpha value is -0.180. The van der Waals surface area contributed by atoms with Crippen molar-refractivity contribution in [2.24, 2.45) is 5.92 Å². The third-order valence-corrected chi connectivity index (χ3v) is 6.29. The molecule has 0 aromatic heterocycles. The van der Waals surface area contributed by atoms with Crippen molar-refractivity contribution in [3.8, 4) is 0 Å². The highest BCUT2D eigenvalue weighted by Gasteiger charge is 2.37. The first kappa shape index (κ1) is 11.3. The zero-order valence-corrected chi connectivity index (χ0v) is 10.2. The van der Waals surface area contributed by atoms with E-state index < -0.39 is 10.8 Å². The fourth-order valence-corrected chi connectivity index (χ4v) is 5.03. The molecule has 3 unspecified atom stereocenters. The van der Waals surface area contributed by atoms with E-state index in [4.69, 9.17) is 0 Å². The van der Waals surface area contributed by atoms with Crippen molar-refractivity contribution in [3.05, 3.63) is 0 Å². The molecule has 86 valence electrons. The number of Topliss-reactive ketones (excluding diaryl/α,β-unsaturated/α-hetero) is 1. The molecule has 2 fully saturated rings. The Bertz CT molecular complexity index is 269. The summed E-state index contributed by atoms with van der Waals surface area (Å²) in [5.74, 6) is 0.372. The fraction of sp³-hybridized carbons (Fsp3) is 0.917. The molecule has 3 heteroatoms. The molecule has 0 aliphatic heterocycles. The monoisotopic (exact) mass is 228 g/mol. The zero-order chi connectivity index (χ0) is 10.8. The van der Waals surface area contributed by atoms with Gasteiger partial charge in [-0.3, -0.25) is 9.00 Å². The summed E-state index contributed by atoms with van der Waals surface area (Å²) in [7, 11) is -0.753. The van der Waals surface area contributed by atoms with Gasteiger partial charge in [0.2, 0.25) is 0 Å². The summed E-state index contributed by atoms with van der Waals surface area (Å²) in [6.45, 7) is 1.96. The lowest BCUT2D eigenvalue weighted by molar-refractivity contribution is -0.120. The van der Waals surface area contributed by atoms with E-state index in [1.54, 1.807) is 0 Å². The molecule has 2 rings (SSSR count). The predicted molar refractivity (Wildman–Crippen MR) is 62.2 cm³/mol. The predicted octanol–water partition coefficient (Wildman–Crippen LogP) is 2.44. The van der Waals surface area contributed by atoms with Gasteiger partial charge in [0.1, 0.15) is 5.78 Å². The molecular weight excluding hydrogens is 208 g/mol. The number of rotatable bonds is 2. The van der Waals surface area contributed by atoms with Gasteiger partial charge in [0.25, 0.3) is 0 Å². The number of carbonyl (C=O) groups excluding carboxylic acids is 1. The van der Waals surface area contributed by atoms with E-state index in [0.717, 1.165) is 19.3 Å². The van der Waals surface area contributed by atoms with Crippen molar-refractivity contribution < 1.29 is 9.00 Å². The van der Waals surface area contributed by atoms with Gasteiger partial charge in [-0.25, -0.2) is 0 Å². The third kappa shape index (κ3) is 2.32.